The minimum atomic E-state index is 0.863. The summed E-state index contributed by atoms with van der Waals surface area (Å²) in [6.07, 6.45) is 0. The molecule has 0 radical (unpaired) electrons. The molecule has 0 saturated carbocycles. The lowest BCUT2D eigenvalue weighted by Crippen LogP contribution is -1.94. The van der Waals surface area contributed by atoms with Crippen molar-refractivity contribution in [2.24, 2.45) is 0 Å². The molecule has 4 heteroatoms. The van der Waals surface area contributed by atoms with E-state index in [-0.39, 0.29) is 0 Å². The lowest BCUT2D eigenvalue weighted by Gasteiger charge is -2.10. The number of pyridine rings is 1. The van der Waals surface area contributed by atoms with Crippen molar-refractivity contribution in [2.75, 3.05) is 0 Å². The van der Waals surface area contributed by atoms with Crippen molar-refractivity contribution in [1.29, 1.82) is 0 Å². The van der Waals surface area contributed by atoms with Crippen LogP contribution in [0.25, 0.3) is 38.7 Å². The molecule has 25 heavy (non-hydrogen) atoms. The third kappa shape index (κ3) is 2.18. The molecule has 5 rings (SSSR count). The highest BCUT2D eigenvalue weighted by molar-refractivity contribution is 9.10. The van der Waals surface area contributed by atoms with Crippen molar-refractivity contribution in [3.05, 3.63) is 76.8 Å². The number of fused-ring (bicyclic) bond motifs is 6. The van der Waals surface area contributed by atoms with Crippen LogP contribution >= 0.6 is 15.9 Å². The Morgan fingerprint density at radius 2 is 1.60 bits per heavy atom. The van der Waals surface area contributed by atoms with Crippen molar-refractivity contribution in [2.45, 2.75) is 6.92 Å². The largest absolute Gasteiger partial charge is 0.274 e. The van der Waals surface area contributed by atoms with Crippen LogP contribution in [0.5, 0.6) is 0 Å². The van der Waals surface area contributed by atoms with E-state index in [1.807, 2.05) is 12.1 Å². The van der Waals surface area contributed by atoms with Crippen LogP contribution < -0.4 is 0 Å². The van der Waals surface area contributed by atoms with Gasteiger partial charge in [-0.3, -0.25) is 4.40 Å². The maximum absolute atomic E-state index is 4.54. The van der Waals surface area contributed by atoms with Crippen LogP contribution in [0.15, 0.2) is 71.2 Å². The average Bonchev–Trinajstić information content (AvgIpc) is 3.08. The molecule has 2 aromatic heterocycles. The summed E-state index contributed by atoms with van der Waals surface area (Å²) in [6, 6.07) is 23.2. The van der Waals surface area contributed by atoms with Crippen LogP contribution in [0.4, 0.5) is 0 Å². The Hall–Kier alpha value is -2.72. The molecule has 0 aliphatic heterocycles. The Kier molecular flexibility index (Phi) is 3.15. The Balaban J connectivity index is 2.00. The number of rotatable bonds is 1. The summed E-state index contributed by atoms with van der Waals surface area (Å²) in [7, 11) is 0. The number of hydrogen-bond donors (Lipinski definition) is 0. The summed E-state index contributed by atoms with van der Waals surface area (Å²) in [5.41, 5.74) is 4.29. The quantitative estimate of drug-likeness (QED) is 0.341. The molecule has 0 unspecified atom stereocenters. The fourth-order valence-electron chi connectivity index (χ4n) is 3.45. The van der Waals surface area contributed by atoms with Crippen molar-refractivity contribution in [1.82, 2.24) is 14.6 Å². The van der Waals surface area contributed by atoms with Gasteiger partial charge in [-0.1, -0.05) is 64.0 Å². The highest BCUT2D eigenvalue weighted by Crippen LogP contribution is 2.32. The van der Waals surface area contributed by atoms with Gasteiger partial charge >= 0.3 is 0 Å². The Labute approximate surface area is 153 Å². The third-order valence-electron chi connectivity index (χ3n) is 4.62. The van der Waals surface area contributed by atoms with E-state index in [4.69, 9.17) is 0 Å². The molecule has 0 spiro atoms. The molecule has 0 aliphatic carbocycles. The number of aromatic nitrogens is 3. The predicted molar refractivity (Wildman–Crippen MR) is 106 cm³/mol. The number of halogens is 1. The molecule has 0 atom stereocenters. The molecule has 3 aromatic carbocycles. The van der Waals surface area contributed by atoms with Gasteiger partial charge < -0.3 is 0 Å². The van der Waals surface area contributed by atoms with Crippen LogP contribution in [0.1, 0.15) is 5.56 Å². The summed E-state index contributed by atoms with van der Waals surface area (Å²) >= 11 is 3.50. The molecule has 0 saturated heterocycles. The zero-order valence-corrected chi connectivity index (χ0v) is 15.2. The topological polar surface area (TPSA) is 30.2 Å². The predicted octanol–water partition coefficient (Wildman–Crippen LogP) is 5.77. The zero-order chi connectivity index (χ0) is 17.0. The standard InChI is InChI=1S/C21H14BrN3/c1-13-6-11-16-17-4-2-3-5-19(17)25-20(14-7-9-15(22)10-8-14)23-24-21(25)18(16)12-13/h2-12H,1H3. The highest BCUT2D eigenvalue weighted by atomic mass is 79.9. The average molecular weight is 388 g/mol. The Morgan fingerprint density at radius 1 is 0.800 bits per heavy atom. The van der Waals surface area contributed by atoms with Crippen LogP contribution in [0.3, 0.4) is 0 Å². The number of nitrogens with zero attached hydrogens (tertiary/aromatic N) is 3. The Bertz CT molecular complexity index is 1250. The molecule has 0 aliphatic rings. The van der Waals surface area contributed by atoms with Gasteiger partial charge in [-0.25, -0.2) is 0 Å². The molecule has 120 valence electrons. The fraction of sp³-hybridized carbons (Fsp3) is 0.0476. The molecule has 0 fully saturated rings. The van der Waals surface area contributed by atoms with Crippen molar-refractivity contribution >= 4 is 43.3 Å². The molecule has 0 N–H and O–H groups in total. The first-order chi connectivity index (χ1) is 12.2. The van der Waals surface area contributed by atoms with Gasteiger partial charge in [-0.2, -0.15) is 0 Å². The maximum Gasteiger partial charge on any atom is 0.169 e. The lowest BCUT2D eigenvalue weighted by atomic mass is 10.0. The highest BCUT2D eigenvalue weighted by Gasteiger charge is 2.15. The smallest absolute Gasteiger partial charge is 0.169 e. The lowest BCUT2D eigenvalue weighted by molar-refractivity contribution is 1.12. The molecule has 5 aromatic rings. The molecular weight excluding hydrogens is 374 g/mol. The molecule has 3 nitrogen and oxygen atoms in total. The molecule has 0 bridgehead atoms. The van der Waals surface area contributed by atoms with E-state index in [0.717, 1.165) is 32.4 Å². The van der Waals surface area contributed by atoms with Gasteiger partial charge in [0.05, 0.1) is 5.52 Å². The summed E-state index contributed by atoms with van der Waals surface area (Å²) in [5, 5.41) is 12.6. The van der Waals surface area contributed by atoms with Crippen LogP contribution in [-0.4, -0.2) is 14.6 Å². The van der Waals surface area contributed by atoms with Gasteiger partial charge in [0, 0.05) is 20.8 Å². The van der Waals surface area contributed by atoms with E-state index in [0.29, 0.717) is 0 Å². The molecular formula is C21H14BrN3. The number of benzene rings is 3. The van der Waals surface area contributed by atoms with Crippen molar-refractivity contribution < 1.29 is 0 Å². The van der Waals surface area contributed by atoms with E-state index < -0.39 is 0 Å². The second kappa shape index (κ2) is 5.39. The number of hydrogen-bond acceptors (Lipinski definition) is 2. The van der Waals surface area contributed by atoms with Gasteiger partial charge in [0.15, 0.2) is 11.5 Å². The fourth-order valence-corrected chi connectivity index (χ4v) is 3.71. The maximum atomic E-state index is 4.54. The van der Waals surface area contributed by atoms with Crippen LogP contribution in [0.2, 0.25) is 0 Å². The van der Waals surface area contributed by atoms with Gasteiger partial charge in [0.25, 0.3) is 0 Å². The van der Waals surface area contributed by atoms with Crippen LogP contribution in [-0.2, 0) is 0 Å². The molecule has 2 heterocycles. The minimum Gasteiger partial charge on any atom is -0.274 e. The second-order valence-electron chi connectivity index (χ2n) is 6.26. The SMILES string of the molecule is Cc1ccc2c3ccccc3n3c(-c4ccc(Br)cc4)nnc3c2c1. The van der Waals surface area contributed by atoms with Gasteiger partial charge in [0.1, 0.15) is 0 Å². The van der Waals surface area contributed by atoms with Crippen LogP contribution in [0, 0.1) is 6.92 Å². The van der Waals surface area contributed by atoms with E-state index in [9.17, 15) is 0 Å². The summed E-state index contributed by atoms with van der Waals surface area (Å²) in [4.78, 5) is 0. The van der Waals surface area contributed by atoms with E-state index in [1.165, 1.54) is 16.3 Å². The van der Waals surface area contributed by atoms with Crippen molar-refractivity contribution in [3.8, 4) is 11.4 Å². The summed E-state index contributed by atoms with van der Waals surface area (Å²) in [6.45, 7) is 2.11. The first-order valence-electron chi connectivity index (χ1n) is 8.14. The Morgan fingerprint density at radius 3 is 2.44 bits per heavy atom. The molecule has 0 amide bonds. The number of para-hydroxylation sites is 1. The van der Waals surface area contributed by atoms with E-state index in [1.54, 1.807) is 0 Å². The first kappa shape index (κ1) is 14.6. The van der Waals surface area contributed by atoms with E-state index in [2.05, 4.69) is 92.0 Å². The third-order valence-corrected chi connectivity index (χ3v) is 5.15. The normalized spacial score (nSPS) is 11.6. The van der Waals surface area contributed by atoms with Gasteiger partial charge in [0.2, 0.25) is 0 Å². The number of aryl methyl sites for hydroxylation is 1. The zero-order valence-electron chi connectivity index (χ0n) is 13.6. The van der Waals surface area contributed by atoms with Gasteiger partial charge in [-0.15, -0.1) is 10.2 Å². The minimum absolute atomic E-state index is 0.863. The van der Waals surface area contributed by atoms with Gasteiger partial charge in [-0.05, 0) is 36.6 Å². The first-order valence-corrected chi connectivity index (χ1v) is 8.94. The second-order valence-corrected chi connectivity index (χ2v) is 7.17. The van der Waals surface area contributed by atoms with E-state index >= 15 is 0 Å². The summed E-state index contributed by atoms with van der Waals surface area (Å²) in [5.74, 6) is 0.863. The van der Waals surface area contributed by atoms with Crippen molar-refractivity contribution in [3.63, 3.8) is 0 Å². The summed E-state index contributed by atoms with van der Waals surface area (Å²) < 4.78 is 3.22. The monoisotopic (exact) mass is 387 g/mol.